The number of aldehydes is 1. The molecule has 1 aliphatic heterocycles. The Morgan fingerprint density at radius 2 is 2.00 bits per heavy atom. The van der Waals surface area contributed by atoms with Crippen molar-refractivity contribution in [2.45, 2.75) is 11.2 Å². The maximum atomic E-state index is 10.9. The zero-order valence-electron chi connectivity index (χ0n) is 6.18. The number of nitrogens with one attached hydrogen (secondary N) is 1. The van der Waals surface area contributed by atoms with Gasteiger partial charge in [0, 0.05) is 0 Å². The highest BCUT2D eigenvalue weighted by molar-refractivity contribution is 7.89. The van der Waals surface area contributed by atoms with Crippen LogP contribution in [0.1, 0.15) is 6.42 Å². The molecule has 2 N–H and O–H groups in total. The summed E-state index contributed by atoms with van der Waals surface area (Å²) < 4.78 is 27.2. The highest BCUT2D eigenvalue weighted by Crippen LogP contribution is 2.23. The summed E-state index contributed by atoms with van der Waals surface area (Å²) in [5, 5.41) is 1.62. The van der Waals surface area contributed by atoms with E-state index in [1.807, 2.05) is 0 Å². The van der Waals surface area contributed by atoms with Crippen LogP contribution in [0.5, 0.6) is 0 Å². The molecule has 1 aliphatic rings. The van der Waals surface area contributed by atoms with E-state index in [4.69, 9.17) is 4.55 Å². The first kappa shape index (κ1) is 9.81. The first-order valence-corrected chi connectivity index (χ1v) is 4.55. The van der Waals surface area contributed by atoms with Gasteiger partial charge in [-0.05, 0) is 0 Å². The fourth-order valence-corrected chi connectivity index (χ4v) is 1.68. The molecular formula is C5H5NO6S. The van der Waals surface area contributed by atoms with E-state index in [0.29, 0.717) is 0 Å². The van der Waals surface area contributed by atoms with Gasteiger partial charge in [0.25, 0.3) is 16.0 Å². The molecule has 8 heteroatoms. The molecule has 13 heavy (non-hydrogen) atoms. The van der Waals surface area contributed by atoms with E-state index < -0.39 is 33.1 Å². The molecule has 0 bridgehead atoms. The number of hydrogen-bond acceptors (Lipinski definition) is 5. The van der Waals surface area contributed by atoms with Crippen LogP contribution in [0, 0.1) is 0 Å². The van der Waals surface area contributed by atoms with E-state index in [9.17, 15) is 22.8 Å². The van der Waals surface area contributed by atoms with Crippen LogP contribution in [0.3, 0.4) is 0 Å². The summed E-state index contributed by atoms with van der Waals surface area (Å²) in [6.45, 7) is 0. The molecule has 1 fully saturated rings. The minimum absolute atomic E-state index is 0.247. The highest BCUT2D eigenvalue weighted by Gasteiger charge is 2.57. The van der Waals surface area contributed by atoms with E-state index >= 15 is 0 Å². The van der Waals surface area contributed by atoms with Crippen molar-refractivity contribution < 1.29 is 27.4 Å². The first-order chi connectivity index (χ1) is 5.83. The number of carbonyl (C=O) groups excluding carboxylic acids is 3. The molecule has 0 radical (unpaired) electrons. The number of hydrogen-bond donors (Lipinski definition) is 2. The molecular weight excluding hydrogens is 202 g/mol. The third kappa shape index (κ3) is 1.23. The van der Waals surface area contributed by atoms with Crippen molar-refractivity contribution in [3.05, 3.63) is 0 Å². The second kappa shape index (κ2) is 2.60. The Labute approximate surface area is 72.9 Å². The molecule has 1 unspecified atom stereocenters. The fourth-order valence-electron chi connectivity index (χ4n) is 0.960. The van der Waals surface area contributed by atoms with Gasteiger partial charge in [0.1, 0.15) is 0 Å². The standard InChI is InChI=1S/C5H5NO6S/c7-2-5(13(10,11)12)1-3(8)6-4(5)9/h2H,1H2,(H,6,8,9)(H,10,11,12). The molecule has 0 aromatic carbocycles. The summed E-state index contributed by atoms with van der Waals surface area (Å²) in [5.41, 5.74) is 0. The fraction of sp³-hybridized carbons (Fsp3) is 0.400. The van der Waals surface area contributed by atoms with Crippen molar-refractivity contribution in [1.29, 1.82) is 0 Å². The number of imide groups is 1. The van der Waals surface area contributed by atoms with Crippen molar-refractivity contribution in [2.24, 2.45) is 0 Å². The highest BCUT2D eigenvalue weighted by atomic mass is 32.2. The molecule has 0 saturated carbocycles. The van der Waals surface area contributed by atoms with Gasteiger partial charge in [-0.2, -0.15) is 8.42 Å². The Morgan fingerprint density at radius 1 is 1.46 bits per heavy atom. The van der Waals surface area contributed by atoms with Gasteiger partial charge in [-0.15, -0.1) is 0 Å². The van der Waals surface area contributed by atoms with Crippen LogP contribution in [0.15, 0.2) is 0 Å². The quantitative estimate of drug-likeness (QED) is 0.231. The molecule has 1 rings (SSSR count). The Kier molecular flexibility index (Phi) is 1.96. The second-order valence-electron chi connectivity index (χ2n) is 2.54. The van der Waals surface area contributed by atoms with Crippen LogP contribution in [0.4, 0.5) is 0 Å². The Hall–Kier alpha value is -1.28. The van der Waals surface area contributed by atoms with Crippen molar-refractivity contribution in [3.8, 4) is 0 Å². The summed E-state index contributed by atoms with van der Waals surface area (Å²) in [4.78, 5) is 31.9. The van der Waals surface area contributed by atoms with Crippen LogP contribution in [-0.4, -0.2) is 35.8 Å². The van der Waals surface area contributed by atoms with E-state index in [1.54, 1.807) is 5.32 Å². The number of amides is 2. The smallest absolute Gasteiger partial charge is 0.287 e. The van der Waals surface area contributed by atoms with Crippen LogP contribution in [-0.2, 0) is 24.5 Å². The van der Waals surface area contributed by atoms with Crippen LogP contribution in [0.25, 0.3) is 0 Å². The molecule has 0 aliphatic carbocycles. The lowest BCUT2D eigenvalue weighted by Gasteiger charge is -2.12. The Bertz CT molecular complexity index is 384. The predicted octanol–water partition coefficient (Wildman–Crippen LogP) is -2.14. The van der Waals surface area contributed by atoms with Gasteiger partial charge in [0.15, 0.2) is 6.29 Å². The van der Waals surface area contributed by atoms with Crippen LogP contribution < -0.4 is 5.32 Å². The van der Waals surface area contributed by atoms with E-state index in [0.717, 1.165) is 0 Å². The third-order valence-electron chi connectivity index (χ3n) is 1.71. The molecule has 1 heterocycles. The first-order valence-electron chi connectivity index (χ1n) is 3.11. The summed E-state index contributed by atoms with van der Waals surface area (Å²) in [7, 11) is -4.90. The third-order valence-corrected chi connectivity index (χ3v) is 3.06. The molecule has 7 nitrogen and oxygen atoms in total. The molecule has 2 amide bonds. The monoisotopic (exact) mass is 207 g/mol. The van der Waals surface area contributed by atoms with Crippen molar-refractivity contribution in [1.82, 2.24) is 5.32 Å². The van der Waals surface area contributed by atoms with Crippen molar-refractivity contribution >= 4 is 28.2 Å². The molecule has 0 aromatic rings. The maximum Gasteiger partial charge on any atom is 0.287 e. The van der Waals surface area contributed by atoms with Gasteiger partial charge in [-0.25, -0.2) is 0 Å². The van der Waals surface area contributed by atoms with Gasteiger partial charge in [0.2, 0.25) is 10.7 Å². The lowest BCUT2D eigenvalue weighted by atomic mass is 10.1. The van der Waals surface area contributed by atoms with E-state index in [2.05, 4.69) is 0 Å². The summed E-state index contributed by atoms with van der Waals surface area (Å²) in [6.07, 6.45) is -1.11. The average molecular weight is 207 g/mol. The van der Waals surface area contributed by atoms with Crippen LogP contribution >= 0.6 is 0 Å². The Morgan fingerprint density at radius 3 is 2.15 bits per heavy atom. The minimum Gasteiger partial charge on any atom is -0.301 e. The number of rotatable bonds is 2. The SMILES string of the molecule is O=CC1(S(=O)(=O)O)CC(=O)NC1=O. The van der Waals surface area contributed by atoms with Crippen molar-refractivity contribution in [2.75, 3.05) is 0 Å². The predicted molar refractivity (Wildman–Crippen MR) is 38.1 cm³/mol. The maximum absolute atomic E-state index is 10.9. The molecule has 72 valence electrons. The molecule has 0 spiro atoms. The van der Waals surface area contributed by atoms with Crippen LogP contribution in [0.2, 0.25) is 0 Å². The second-order valence-corrected chi connectivity index (χ2v) is 4.22. The molecule has 0 aromatic heterocycles. The van der Waals surface area contributed by atoms with Gasteiger partial charge in [0.05, 0.1) is 6.42 Å². The Balaban J connectivity index is 3.32. The number of carbonyl (C=O) groups is 3. The largest absolute Gasteiger partial charge is 0.301 e. The van der Waals surface area contributed by atoms with Gasteiger partial charge in [-0.3, -0.25) is 19.5 Å². The van der Waals surface area contributed by atoms with E-state index in [-0.39, 0.29) is 6.29 Å². The normalized spacial score (nSPS) is 28.7. The summed E-state index contributed by atoms with van der Waals surface area (Å²) in [5.74, 6) is -2.22. The summed E-state index contributed by atoms with van der Waals surface area (Å²) in [6, 6.07) is 0. The average Bonchev–Trinajstić information content (AvgIpc) is 2.25. The zero-order chi connectivity index (χ0) is 10.3. The zero-order valence-corrected chi connectivity index (χ0v) is 7.00. The van der Waals surface area contributed by atoms with Gasteiger partial charge in [-0.1, -0.05) is 0 Å². The lowest BCUT2D eigenvalue weighted by molar-refractivity contribution is -0.126. The lowest BCUT2D eigenvalue weighted by Crippen LogP contribution is -2.46. The van der Waals surface area contributed by atoms with E-state index in [1.165, 1.54) is 0 Å². The van der Waals surface area contributed by atoms with Crippen molar-refractivity contribution in [3.63, 3.8) is 0 Å². The summed E-state index contributed by atoms with van der Waals surface area (Å²) >= 11 is 0. The topological polar surface area (TPSA) is 118 Å². The van der Waals surface area contributed by atoms with Gasteiger partial charge < -0.3 is 4.79 Å². The molecule has 1 atom stereocenters. The van der Waals surface area contributed by atoms with Gasteiger partial charge >= 0.3 is 0 Å². The minimum atomic E-state index is -4.90. The molecule has 1 saturated heterocycles.